The lowest BCUT2D eigenvalue weighted by Crippen LogP contribution is -2.47. The van der Waals surface area contributed by atoms with Crippen LogP contribution in [0.4, 0.5) is 23.8 Å². The Balaban J connectivity index is 1.83. The number of fused-ring (bicyclic) bond motifs is 1. The molecule has 2 amide bonds. The summed E-state index contributed by atoms with van der Waals surface area (Å²) in [5, 5.41) is 2.45. The van der Waals surface area contributed by atoms with Crippen LogP contribution < -0.4 is 11.1 Å². The number of ether oxygens (including phenoxy) is 1. The lowest BCUT2D eigenvalue weighted by atomic mass is 9.99. The molecule has 1 aromatic rings. The number of anilines is 1. The van der Waals surface area contributed by atoms with Gasteiger partial charge in [0.2, 0.25) is 5.91 Å². The van der Waals surface area contributed by atoms with Gasteiger partial charge in [-0.3, -0.25) is 9.69 Å². The number of halogens is 3. The third kappa shape index (κ3) is 4.17. The van der Waals surface area contributed by atoms with Crippen LogP contribution in [0.3, 0.4) is 0 Å². The molecule has 7 nitrogen and oxygen atoms in total. The number of carbonyl (C=O) groups excluding carboxylic acids is 2. The van der Waals surface area contributed by atoms with Gasteiger partial charge in [-0.15, -0.1) is 0 Å². The van der Waals surface area contributed by atoms with E-state index < -0.39 is 35.5 Å². The molecule has 2 fully saturated rings. The van der Waals surface area contributed by atoms with E-state index in [0.29, 0.717) is 24.9 Å². The Bertz CT molecular complexity index is 837. The number of nitrogens with zero attached hydrogens (tertiary/aromatic N) is 2. The number of piperidine rings is 1. The highest BCUT2D eigenvalue weighted by Crippen LogP contribution is 2.59. The van der Waals surface area contributed by atoms with Crippen molar-refractivity contribution in [2.24, 2.45) is 11.1 Å². The van der Waals surface area contributed by atoms with E-state index in [1.54, 1.807) is 27.7 Å². The second kappa shape index (κ2) is 6.86. The molecular weight excluding hydrogens is 389 g/mol. The fourth-order valence-electron chi connectivity index (χ4n) is 3.74. The molecule has 160 valence electrons. The molecule has 1 saturated carbocycles. The Morgan fingerprint density at radius 1 is 1.31 bits per heavy atom. The van der Waals surface area contributed by atoms with Gasteiger partial charge in [0.1, 0.15) is 23.2 Å². The van der Waals surface area contributed by atoms with Crippen molar-refractivity contribution in [2.45, 2.75) is 64.4 Å². The minimum atomic E-state index is -4.63. The zero-order valence-corrected chi connectivity index (χ0v) is 16.8. The summed E-state index contributed by atoms with van der Waals surface area (Å²) in [6, 6.07) is 0.994. The second-order valence-corrected chi connectivity index (χ2v) is 8.74. The van der Waals surface area contributed by atoms with E-state index in [1.807, 2.05) is 0 Å². The molecule has 2 aliphatic rings. The summed E-state index contributed by atoms with van der Waals surface area (Å²) in [5.41, 5.74) is 4.04. The van der Waals surface area contributed by atoms with Crippen LogP contribution in [-0.2, 0) is 15.7 Å². The van der Waals surface area contributed by atoms with Crippen LogP contribution in [-0.4, -0.2) is 46.1 Å². The maximum atomic E-state index is 13.0. The number of nitrogens with two attached hydrogens (primary N) is 1. The van der Waals surface area contributed by atoms with Gasteiger partial charge in [-0.05, 0) is 52.2 Å². The van der Waals surface area contributed by atoms with Gasteiger partial charge < -0.3 is 15.8 Å². The Morgan fingerprint density at radius 3 is 2.52 bits per heavy atom. The summed E-state index contributed by atoms with van der Waals surface area (Å²) >= 11 is 0. The monoisotopic (exact) mass is 414 g/mol. The van der Waals surface area contributed by atoms with Crippen molar-refractivity contribution in [3.05, 3.63) is 23.4 Å². The third-order valence-corrected chi connectivity index (χ3v) is 5.36. The van der Waals surface area contributed by atoms with Crippen LogP contribution in [0.1, 0.15) is 44.9 Å². The van der Waals surface area contributed by atoms with Gasteiger partial charge in [0.15, 0.2) is 0 Å². The van der Waals surface area contributed by atoms with E-state index >= 15 is 0 Å². The number of carbonyl (C=O) groups is 2. The number of rotatable bonds is 3. The van der Waals surface area contributed by atoms with Gasteiger partial charge in [-0.2, -0.15) is 13.2 Å². The highest BCUT2D eigenvalue weighted by molar-refractivity contribution is 5.97. The molecule has 0 radical (unpaired) electrons. The molecule has 2 heterocycles. The van der Waals surface area contributed by atoms with E-state index in [0.717, 1.165) is 6.07 Å². The van der Waals surface area contributed by atoms with Crippen molar-refractivity contribution >= 4 is 17.8 Å². The Kier molecular flexibility index (Phi) is 5.05. The number of nitrogens with one attached hydrogen (secondary N) is 1. The molecule has 3 rings (SSSR count). The molecule has 1 saturated heterocycles. The number of hydrogen-bond donors (Lipinski definition) is 2. The first-order valence-corrected chi connectivity index (χ1v) is 9.34. The Labute approximate surface area is 166 Å². The van der Waals surface area contributed by atoms with Gasteiger partial charge in [-0.25, -0.2) is 9.78 Å². The standard InChI is InChI=1S/C19H25F3N4O3/c1-10-5-6-12(19(20,21)22)24-14(10)25-15(27)11-7-18(9-23)8-13(18)26(11)16(28)29-17(2,3)4/h5-6,11,13H,7-9,23H2,1-4H3,(H,24,25,27)/t11-,13-,18+/m1/s1. The smallest absolute Gasteiger partial charge is 0.433 e. The van der Waals surface area contributed by atoms with Crippen molar-refractivity contribution in [1.82, 2.24) is 9.88 Å². The van der Waals surface area contributed by atoms with E-state index in [2.05, 4.69) is 10.3 Å². The fraction of sp³-hybridized carbons (Fsp3) is 0.632. The Morgan fingerprint density at radius 2 is 1.97 bits per heavy atom. The second-order valence-electron chi connectivity index (χ2n) is 8.74. The zero-order valence-electron chi connectivity index (χ0n) is 16.8. The van der Waals surface area contributed by atoms with Crippen LogP contribution in [0.15, 0.2) is 12.1 Å². The number of amides is 2. The van der Waals surface area contributed by atoms with Crippen molar-refractivity contribution in [1.29, 1.82) is 0 Å². The first-order chi connectivity index (χ1) is 13.3. The first kappa shape index (κ1) is 21.4. The predicted octanol–water partition coefficient (Wildman–Crippen LogP) is 3.07. The minimum Gasteiger partial charge on any atom is -0.444 e. The van der Waals surface area contributed by atoms with E-state index in [4.69, 9.17) is 10.5 Å². The van der Waals surface area contributed by atoms with Crippen molar-refractivity contribution in [3.8, 4) is 0 Å². The fourth-order valence-corrected chi connectivity index (χ4v) is 3.74. The first-order valence-electron chi connectivity index (χ1n) is 9.34. The number of hydrogen-bond acceptors (Lipinski definition) is 5. The number of aromatic nitrogens is 1. The topological polar surface area (TPSA) is 97.5 Å². The molecule has 29 heavy (non-hydrogen) atoms. The largest absolute Gasteiger partial charge is 0.444 e. The van der Waals surface area contributed by atoms with Gasteiger partial charge in [0.25, 0.3) is 0 Å². The molecule has 0 bridgehead atoms. The molecule has 1 aliphatic heterocycles. The number of alkyl halides is 3. The molecule has 10 heteroatoms. The Hall–Kier alpha value is -2.36. The molecule has 3 N–H and O–H groups in total. The van der Waals surface area contributed by atoms with Crippen LogP contribution in [0.5, 0.6) is 0 Å². The lowest BCUT2D eigenvalue weighted by Gasteiger charge is -2.29. The van der Waals surface area contributed by atoms with Crippen molar-refractivity contribution in [2.75, 3.05) is 11.9 Å². The van der Waals surface area contributed by atoms with E-state index in [-0.39, 0.29) is 17.3 Å². The molecule has 0 aromatic carbocycles. The van der Waals surface area contributed by atoms with Crippen LogP contribution in [0, 0.1) is 12.3 Å². The minimum absolute atomic E-state index is 0.184. The predicted molar refractivity (Wildman–Crippen MR) is 99.0 cm³/mol. The zero-order chi connectivity index (χ0) is 21.8. The van der Waals surface area contributed by atoms with Crippen LogP contribution in [0.2, 0.25) is 0 Å². The lowest BCUT2D eigenvalue weighted by molar-refractivity contribution is -0.141. The van der Waals surface area contributed by atoms with Gasteiger partial charge >= 0.3 is 12.3 Å². The SMILES string of the molecule is Cc1ccc(C(F)(F)F)nc1NC(=O)[C@H]1C[C@@]2(CN)C[C@H]2N1C(=O)OC(C)(C)C. The quantitative estimate of drug-likeness (QED) is 0.792. The number of likely N-dealkylation sites (tertiary alicyclic amines) is 1. The molecular formula is C19H25F3N4O3. The van der Waals surface area contributed by atoms with Crippen LogP contribution in [0.25, 0.3) is 0 Å². The normalized spacial score (nSPS) is 26.1. The molecule has 3 atom stereocenters. The summed E-state index contributed by atoms with van der Waals surface area (Å²) in [4.78, 5) is 30.5. The summed E-state index contributed by atoms with van der Waals surface area (Å²) in [6.07, 6.45) is -4.26. The summed E-state index contributed by atoms with van der Waals surface area (Å²) in [5.74, 6) is -0.790. The maximum absolute atomic E-state index is 13.0. The van der Waals surface area contributed by atoms with Crippen molar-refractivity contribution < 1.29 is 27.5 Å². The summed E-state index contributed by atoms with van der Waals surface area (Å²) in [6.45, 7) is 7.00. The highest BCUT2D eigenvalue weighted by Gasteiger charge is 2.67. The maximum Gasteiger partial charge on any atom is 0.433 e. The average Bonchev–Trinajstić information content (AvgIpc) is 3.18. The van der Waals surface area contributed by atoms with Crippen molar-refractivity contribution in [3.63, 3.8) is 0 Å². The number of pyridine rings is 1. The summed E-state index contributed by atoms with van der Waals surface area (Å²) < 4.78 is 44.3. The third-order valence-electron chi connectivity index (χ3n) is 5.36. The number of aryl methyl sites for hydroxylation is 1. The molecule has 1 aliphatic carbocycles. The van der Waals surface area contributed by atoms with E-state index in [9.17, 15) is 22.8 Å². The average molecular weight is 414 g/mol. The van der Waals surface area contributed by atoms with Crippen LogP contribution >= 0.6 is 0 Å². The van der Waals surface area contributed by atoms with E-state index in [1.165, 1.54) is 11.0 Å². The summed E-state index contributed by atoms with van der Waals surface area (Å²) in [7, 11) is 0. The molecule has 0 unspecified atom stereocenters. The van der Waals surface area contributed by atoms with Gasteiger partial charge in [-0.1, -0.05) is 6.07 Å². The molecule has 0 spiro atoms. The van der Waals surface area contributed by atoms with Gasteiger partial charge in [0, 0.05) is 18.0 Å². The van der Waals surface area contributed by atoms with Gasteiger partial charge in [0.05, 0.1) is 0 Å². The molecule has 1 aromatic heterocycles. The highest BCUT2D eigenvalue weighted by atomic mass is 19.4.